The Kier molecular flexibility index (Phi) is 6.38. The average Bonchev–Trinajstić information content (AvgIpc) is 3.11. The molecule has 0 aliphatic rings. The number of ether oxygens (including phenoxy) is 1. The molecule has 4 nitrogen and oxygen atoms in total. The van der Waals surface area contributed by atoms with Gasteiger partial charge in [0.2, 0.25) is 0 Å². The van der Waals surface area contributed by atoms with E-state index in [0.717, 1.165) is 22.1 Å². The first-order valence-electron chi connectivity index (χ1n) is 9.44. The van der Waals surface area contributed by atoms with E-state index in [9.17, 15) is 14.7 Å². The number of allylic oxidation sites excluding steroid dienone is 1. The van der Waals surface area contributed by atoms with Crippen LogP contribution in [0, 0.1) is 13.8 Å². The van der Waals surface area contributed by atoms with Gasteiger partial charge in [0, 0.05) is 10.3 Å². The van der Waals surface area contributed by atoms with E-state index >= 15 is 0 Å². The van der Waals surface area contributed by atoms with Crippen molar-refractivity contribution in [2.75, 3.05) is 6.26 Å². The van der Waals surface area contributed by atoms with Crippen molar-refractivity contribution in [3.8, 4) is 5.75 Å². The van der Waals surface area contributed by atoms with Gasteiger partial charge in [-0.25, -0.2) is 4.79 Å². The SMILES string of the molecule is CSc1cc2cc(C(=O)/C=C/c3cc(C)c(OC(C)(C)C(=O)O)c(C)c3)ccc2s1. The molecule has 0 aliphatic carbocycles. The fraction of sp³-hybridized carbons (Fsp3) is 0.250. The van der Waals surface area contributed by atoms with E-state index in [4.69, 9.17) is 4.74 Å². The van der Waals surface area contributed by atoms with Gasteiger partial charge in [-0.1, -0.05) is 6.08 Å². The van der Waals surface area contributed by atoms with Crippen LogP contribution in [0.3, 0.4) is 0 Å². The molecule has 2 aromatic carbocycles. The Bertz CT molecular complexity index is 1130. The van der Waals surface area contributed by atoms with Crippen LogP contribution in [0.1, 0.15) is 40.9 Å². The van der Waals surface area contributed by atoms with E-state index in [1.54, 1.807) is 35.3 Å². The topological polar surface area (TPSA) is 63.6 Å². The predicted octanol–water partition coefficient (Wildman–Crippen LogP) is 6.38. The number of thiophene rings is 1. The lowest BCUT2D eigenvalue weighted by Gasteiger charge is -2.24. The summed E-state index contributed by atoms with van der Waals surface area (Å²) in [6.07, 6.45) is 5.39. The Balaban J connectivity index is 1.82. The minimum atomic E-state index is -1.32. The summed E-state index contributed by atoms with van der Waals surface area (Å²) in [5, 5.41) is 10.4. The van der Waals surface area contributed by atoms with Crippen molar-refractivity contribution in [3.05, 3.63) is 64.7 Å². The number of aryl methyl sites for hydroxylation is 2. The van der Waals surface area contributed by atoms with Crippen molar-refractivity contribution in [2.24, 2.45) is 0 Å². The fourth-order valence-electron chi connectivity index (χ4n) is 3.08. The second kappa shape index (κ2) is 8.66. The lowest BCUT2D eigenvalue weighted by molar-refractivity contribution is -0.152. The number of benzene rings is 2. The number of fused-ring (bicyclic) bond motifs is 1. The molecule has 156 valence electrons. The molecular weight excluding hydrogens is 416 g/mol. The van der Waals surface area contributed by atoms with E-state index < -0.39 is 11.6 Å². The van der Waals surface area contributed by atoms with Gasteiger partial charge in [0.25, 0.3) is 0 Å². The summed E-state index contributed by atoms with van der Waals surface area (Å²) in [6, 6.07) is 11.7. The molecule has 0 fully saturated rings. The van der Waals surface area contributed by atoms with E-state index in [0.29, 0.717) is 11.3 Å². The number of carboxylic acids is 1. The Morgan fingerprint density at radius 2 is 1.77 bits per heavy atom. The van der Waals surface area contributed by atoms with Gasteiger partial charge in [0.15, 0.2) is 11.4 Å². The summed E-state index contributed by atoms with van der Waals surface area (Å²) < 4.78 is 8.13. The van der Waals surface area contributed by atoms with Gasteiger partial charge in [-0.2, -0.15) is 0 Å². The Hall–Kier alpha value is -2.57. The van der Waals surface area contributed by atoms with Crippen LogP contribution >= 0.6 is 23.1 Å². The third-order valence-corrected chi connectivity index (χ3v) is 6.94. The van der Waals surface area contributed by atoms with E-state index in [1.165, 1.54) is 22.8 Å². The molecule has 0 amide bonds. The molecule has 0 bridgehead atoms. The Morgan fingerprint density at radius 3 is 2.37 bits per heavy atom. The molecule has 0 saturated heterocycles. The smallest absolute Gasteiger partial charge is 0.347 e. The van der Waals surface area contributed by atoms with Crippen LogP contribution in [0.25, 0.3) is 16.2 Å². The summed E-state index contributed by atoms with van der Waals surface area (Å²) in [5.41, 5.74) is 1.83. The van der Waals surface area contributed by atoms with Crippen molar-refractivity contribution in [1.29, 1.82) is 0 Å². The zero-order chi connectivity index (χ0) is 22.1. The van der Waals surface area contributed by atoms with Gasteiger partial charge in [0.05, 0.1) is 4.21 Å². The van der Waals surface area contributed by atoms with Gasteiger partial charge < -0.3 is 9.84 Å². The zero-order valence-electron chi connectivity index (χ0n) is 17.6. The maximum Gasteiger partial charge on any atom is 0.347 e. The normalized spacial score (nSPS) is 11.9. The van der Waals surface area contributed by atoms with Crippen molar-refractivity contribution < 1.29 is 19.4 Å². The van der Waals surface area contributed by atoms with Crippen LogP contribution in [0.5, 0.6) is 5.75 Å². The van der Waals surface area contributed by atoms with E-state index in [2.05, 4.69) is 6.07 Å². The molecule has 1 N–H and O–H groups in total. The van der Waals surface area contributed by atoms with Gasteiger partial charge in [-0.05, 0) is 98.5 Å². The third-order valence-electron chi connectivity index (χ3n) is 4.76. The first kappa shape index (κ1) is 22.1. The number of rotatable bonds is 7. The molecule has 0 unspecified atom stereocenters. The molecule has 0 aliphatic heterocycles. The van der Waals surface area contributed by atoms with Crippen molar-refractivity contribution in [3.63, 3.8) is 0 Å². The Morgan fingerprint density at radius 1 is 1.10 bits per heavy atom. The molecule has 0 spiro atoms. The summed E-state index contributed by atoms with van der Waals surface area (Å²) >= 11 is 3.42. The van der Waals surface area contributed by atoms with Crippen LogP contribution in [-0.4, -0.2) is 28.7 Å². The molecule has 1 heterocycles. The standard InChI is InChI=1S/C24H24O4S2/c1-14-10-16(11-15(2)22(14)28-24(3,4)23(26)27)6-8-19(25)17-7-9-20-18(12-17)13-21(29-5)30-20/h6-13H,1-5H3,(H,26,27)/b8-6+. The highest BCUT2D eigenvalue weighted by Gasteiger charge is 2.30. The molecule has 0 radical (unpaired) electrons. The summed E-state index contributed by atoms with van der Waals surface area (Å²) in [7, 11) is 0. The molecule has 30 heavy (non-hydrogen) atoms. The van der Waals surface area contributed by atoms with Gasteiger partial charge in [-0.3, -0.25) is 4.79 Å². The molecule has 6 heteroatoms. The van der Waals surface area contributed by atoms with E-state index in [1.807, 2.05) is 50.4 Å². The van der Waals surface area contributed by atoms with E-state index in [-0.39, 0.29) is 5.78 Å². The third kappa shape index (κ3) is 4.77. The summed E-state index contributed by atoms with van der Waals surface area (Å²) in [5.74, 6) is -0.530. The summed E-state index contributed by atoms with van der Waals surface area (Å²) in [6.45, 7) is 6.78. The lowest BCUT2D eigenvalue weighted by atomic mass is 10.0. The highest BCUT2D eigenvalue weighted by Crippen LogP contribution is 2.32. The largest absolute Gasteiger partial charge is 0.478 e. The molecule has 1 aromatic heterocycles. The van der Waals surface area contributed by atoms with Crippen LogP contribution in [0.2, 0.25) is 0 Å². The minimum absolute atomic E-state index is 0.0588. The Labute approximate surface area is 184 Å². The first-order chi connectivity index (χ1) is 14.1. The maximum absolute atomic E-state index is 12.7. The fourth-order valence-corrected chi connectivity index (χ4v) is 4.70. The maximum atomic E-state index is 12.7. The summed E-state index contributed by atoms with van der Waals surface area (Å²) in [4.78, 5) is 24.0. The average molecular weight is 441 g/mol. The van der Waals surface area contributed by atoms with Crippen molar-refractivity contribution in [2.45, 2.75) is 37.5 Å². The van der Waals surface area contributed by atoms with Gasteiger partial charge in [-0.15, -0.1) is 23.1 Å². The van der Waals surface area contributed by atoms with Crippen LogP contribution in [-0.2, 0) is 4.79 Å². The highest BCUT2D eigenvalue weighted by molar-refractivity contribution is 8.00. The monoisotopic (exact) mass is 440 g/mol. The second-order valence-corrected chi connectivity index (χ2v) is 9.81. The molecule has 3 aromatic rings. The molecule has 3 rings (SSSR count). The van der Waals surface area contributed by atoms with Crippen molar-refractivity contribution >= 4 is 51.0 Å². The number of hydrogen-bond acceptors (Lipinski definition) is 5. The lowest BCUT2D eigenvalue weighted by Crippen LogP contribution is -2.38. The first-order valence-corrected chi connectivity index (χ1v) is 11.5. The van der Waals surface area contributed by atoms with Gasteiger partial charge in [0.1, 0.15) is 5.75 Å². The quantitative estimate of drug-likeness (QED) is 0.262. The second-order valence-electron chi connectivity index (χ2n) is 7.62. The van der Waals surface area contributed by atoms with Crippen LogP contribution < -0.4 is 4.74 Å². The predicted molar refractivity (Wildman–Crippen MR) is 125 cm³/mol. The van der Waals surface area contributed by atoms with Crippen LogP contribution in [0.15, 0.2) is 46.7 Å². The number of carbonyl (C=O) groups excluding carboxylic acids is 1. The number of aliphatic carboxylic acids is 1. The van der Waals surface area contributed by atoms with Crippen molar-refractivity contribution in [1.82, 2.24) is 0 Å². The van der Waals surface area contributed by atoms with Gasteiger partial charge >= 0.3 is 5.97 Å². The molecular formula is C24H24O4S2. The molecule has 0 atom stereocenters. The minimum Gasteiger partial charge on any atom is -0.478 e. The number of hydrogen-bond donors (Lipinski definition) is 1. The number of thioether (sulfide) groups is 1. The number of carbonyl (C=O) groups is 2. The number of carboxylic acid groups (broad SMARTS) is 1. The molecule has 0 saturated carbocycles. The van der Waals surface area contributed by atoms with Crippen LogP contribution in [0.4, 0.5) is 0 Å². The highest BCUT2D eigenvalue weighted by atomic mass is 32.2. The zero-order valence-corrected chi connectivity index (χ0v) is 19.2. The number of ketones is 1.